The molecule has 1 aromatic heterocycles. The van der Waals surface area contributed by atoms with Gasteiger partial charge in [0.25, 0.3) is 0 Å². The molecule has 12 heavy (non-hydrogen) atoms. The summed E-state index contributed by atoms with van der Waals surface area (Å²) in [4.78, 5) is 13.3. The van der Waals surface area contributed by atoms with E-state index in [1.807, 2.05) is 12.1 Å². The van der Waals surface area contributed by atoms with Gasteiger partial charge in [-0.25, -0.2) is 0 Å². The first kappa shape index (κ1) is 7.24. The summed E-state index contributed by atoms with van der Waals surface area (Å²) in [5, 5.41) is 0. The highest BCUT2D eigenvalue weighted by Gasteiger charge is 1.99. The second kappa shape index (κ2) is 2.91. The highest BCUT2D eigenvalue weighted by molar-refractivity contribution is 7.03. The first-order valence-corrected chi connectivity index (χ1v) is 4.16. The Hall–Kier alpha value is -1.42. The summed E-state index contributed by atoms with van der Waals surface area (Å²) in [5.41, 5.74) is 0.909. The number of H-pyrrole nitrogens is 1. The van der Waals surface area contributed by atoms with Gasteiger partial charge in [0.15, 0.2) is 5.82 Å². The molecule has 0 saturated heterocycles. The Morgan fingerprint density at radius 1 is 1.42 bits per heavy atom. The van der Waals surface area contributed by atoms with Crippen molar-refractivity contribution in [1.82, 2.24) is 9.36 Å². The van der Waals surface area contributed by atoms with E-state index >= 15 is 0 Å². The van der Waals surface area contributed by atoms with Crippen molar-refractivity contribution in [2.75, 3.05) is 0 Å². The van der Waals surface area contributed by atoms with Crippen molar-refractivity contribution < 1.29 is 0 Å². The third-order valence-electron chi connectivity index (χ3n) is 1.43. The van der Waals surface area contributed by atoms with Crippen LogP contribution in [0.4, 0.5) is 0 Å². The van der Waals surface area contributed by atoms with Gasteiger partial charge >= 0.3 is 4.87 Å². The predicted molar refractivity (Wildman–Crippen MR) is 47.0 cm³/mol. The SMILES string of the molecule is O=c1[nH]c(-c2cc[c]cc2)ns1. The lowest BCUT2D eigenvalue weighted by Crippen LogP contribution is -1.92. The molecule has 0 amide bonds. The molecular weight excluding hydrogens is 172 g/mol. The van der Waals surface area contributed by atoms with E-state index in [1.165, 1.54) is 0 Å². The van der Waals surface area contributed by atoms with Crippen LogP contribution in [0.25, 0.3) is 11.4 Å². The Morgan fingerprint density at radius 2 is 2.17 bits per heavy atom. The maximum atomic E-state index is 10.8. The number of benzene rings is 1. The van der Waals surface area contributed by atoms with Crippen LogP contribution < -0.4 is 4.87 Å². The van der Waals surface area contributed by atoms with Gasteiger partial charge in [-0.05, 0) is 6.07 Å². The largest absolute Gasteiger partial charge is 0.323 e. The zero-order chi connectivity index (χ0) is 8.39. The van der Waals surface area contributed by atoms with Gasteiger partial charge in [-0.15, -0.1) is 0 Å². The molecule has 0 spiro atoms. The van der Waals surface area contributed by atoms with Crippen LogP contribution in [0, 0.1) is 6.07 Å². The molecule has 59 valence electrons. The van der Waals surface area contributed by atoms with E-state index in [1.54, 1.807) is 12.1 Å². The quantitative estimate of drug-likeness (QED) is 0.713. The molecule has 0 aliphatic heterocycles. The van der Waals surface area contributed by atoms with Crippen molar-refractivity contribution >= 4 is 11.5 Å². The number of hydrogen-bond donors (Lipinski definition) is 1. The zero-order valence-electron chi connectivity index (χ0n) is 6.07. The van der Waals surface area contributed by atoms with Crippen LogP contribution in [0.2, 0.25) is 0 Å². The van der Waals surface area contributed by atoms with E-state index in [9.17, 15) is 4.79 Å². The molecule has 4 heteroatoms. The molecule has 1 radical (unpaired) electrons. The van der Waals surface area contributed by atoms with E-state index in [2.05, 4.69) is 15.4 Å². The fourth-order valence-corrected chi connectivity index (χ4v) is 1.37. The summed E-state index contributed by atoms with van der Waals surface area (Å²) in [6, 6.07) is 10.2. The molecule has 2 rings (SSSR count). The Balaban J connectivity index is 2.51. The van der Waals surface area contributed by atoms with E-state index in [0.717, 1.165) is 17.1 Å². The van der Waals surface area contributed by atoms with E-state index < -0.39 is 0 Å². The van der Waals surface area contributed by atoms with Crippen LogP contribution in [-0.4, -0.2) is 9.36 Å². The smallest absolute Gasteiger partial charge is 0.296 e. The number of aromatic nitrogens is 2. The lowest BCUT2D eigenvalue weighted by atomic mass is 10.2. The van der Waals surface area contributed by atoms with Crippen LogP contribution in [0.5, 0.6) is 0 Å². The molecule has 0 unspecified atom stereocenters. The highest BCUT2D eigenvalue weighted by Crippen LogP contribution is 2.11. The summed E-state index contributed by atoms with van der Waals surface area (Å²) in [5.74, 6) is 0.624. The van der Waals surface area contributed by atoms with E-state index in [4.69, 9.17) is 0 Å². The molecule has 2 aromatic rings. The average molecular weight is 177 g/mol. The fourth-order valence-electron chi connectivity index (χ4n) is 0.899. The van der Waals surface area contributed by atoms with Crippen molar-refractivity contribution in [2.24, 2.45) is 0 Å². The average Bonchev–Trinajstić information content (AvgIpc) is 2.54. The van der Waals surface area contributed by atoms with Gasteiger partial charge in [0.05, 0.1) is 0 Å². The van der Waals surface area contributed by atoms with Gasteiger partial charge < -0.3 is 0 Å². The van der Waals surface area contributed by atoms with Crippen LogP contribution in [0.3, 0.4) is 0 Å². The minimum atomic E-state index is -0.127. The van der Waals surface area contributed by atoms with Gasteiger partial charge in [-0.1, -0.05) is 24.3 Å². The zero-order valence-corrected chi connectivity index (χ0v) is 6.89. The van der Waals surface area contributed by atoms with Crippen molar-refractivity contribution in [3.63, 3.8) is 0 Å². The number of nitrogens with zero attached hydrogens (tertiary/aromatic N) is 1. The molecule has 0 fully saturated rings. The number of aromatic amines is 1. The molecule has 1 N–H and O–H groups in total. The molecule has 1 heterocycles. The topological polar surface area (TPSA) is 45.8 Å². The molecule has 0 bridgehead atoms. The summed E-state index contributed by atoms with van der Waals surface area (Å²) < 4.78 is 3.95. The molecule has 0 aliphatic rings. The van der Waals surface area contributed by atoms with Crippen LogP contribution in [0.1, 0.15) is 0 Å². The third-order valence-corrected chi connectivity index (χ3v) is 1.97. The van der Waals surface area contributed by atoms with Gasteiger partial charge in [-0.2, -0.15) is 4.37 Å². The molecule has 1 aromatic carbocycles. The lowest BCUT2D eigenvalue weighted by molar-refractivity contribution is 1.28. The van der Waals surface area contributed by atoms with Gasteiger partial charge in [-0.3, -0.25) is 9.78 Å². The molecule has 3 nitrogen and oxygen atoms in total. The molecule has 0 saturated carbocycles. The normalized spacial score (nSPS) is 10.0. The Bertz CT molecular complexity index is 418. The minimum absolute atomic E-state index is 0.127. The number of nitrogens with one attached hydrogen (secondary N) is 1. The summed E-state index contributed by atoms with van der Waals surface area (Å²) in [6.07, 6.45) is 0. The highest BCUT2D eigenvalue weighted by atomic mass is 32.1. The predicted octanol–water partition coefficient (Wildman–Crippen LogP) is 1.30. The van der Waals surface area contributed by atoms with E-state index in [-0.39, 0.29) is 4.87 Å². The number of hydrogen-bond acceptors (Lipinski definition) is 3. The van der Waals surface area contributed by atoms with Gasteiger partial charge in [0, 0.05) is 17.1 Å². The van der Waals surface area contributed by atoms with Gasteiger partial charge in [0.2, 0.25) is 0 Å². The Morgan fingerprint density at radius 3 is 2.75 bits per heavy atom. The van der Waals surface area contributed by atoms with E-state index in [0.29, 0.717) is 5.82 Å². The summed E-state index contributed by atoms with van der Waals surface area (Å²) in [6.45, 7) is 0. The minimum Gasteiger partial charge on any atom is -0.296 e. The first-order valence-electron chi connectivity index (χ1n) is 3.39. The van der Waals surface area contributed by atoms with Crippen molar-refractivity contribution in [3.8, 4) is 11.4 Å². The molecular formula is C8H5N2OS. The molecule has 0 aliphatic carbocycles. The molecule has 0 atom stereocenters. The van der Waals surface area contributed by atoms with Crippen LogP contribution in [0.15, 0.2) is 29.1 Å². The van der Waals surface area contributed by atoms with Crippen LogP contribution >= 0.6 is 11.5 Å². The van der Waals surface area contributed by atoms with Crippen molar-refractivity contribution in [2.45, 2.75) is 0 Å². The first-order chi connectivity index (χ1) is 5.86. The van der Waals surface area contributed by atoms with Crippen molar-refractivity contribution in [1.29, 1.82) is 0 Å². The third kappa shape index (κ3) is 1.29. The number of rotatable bonds is 1. The lowest BCUT2D eigenvalue weighted by Gasteiger charge is -1.91. The second-order valence-electron chi connectivity index (χ2n) is 2.23. The Kier molecular flexibility index (Phi) is 1.75. The summed E-state index contributed by atoms with van der Waals surface area (Å²) >= 11 is 0.928. The van der Waals surface area contributed by atoms with Crippen molar-refractivity contribution in [3.05, 3.63) is 40.0 Å². The summed E-state index contributed by atoms with van der Waals surface area (Å²) in [7, 11) is 0. The van der Waals surface area contributed by atoms with Gasteiger partial charge in [0.1, 0.15) is 0 Å². The van der Waals surface area contributed by atoms with Crippen LogP contribution in [-0.2, 0) is 0 Å². The maximum Gasteiger partial charge on any atom is 0.323 e. The standard InChI is InChI=1S/C8H5N2OS/c11-8-9-7(10-12-8)6-4-2-1-3-5-6/h2-5H,(H,9,10,11). The Labute approximate surface area is 72.9 Å². The monoisotopic (exact) mass is 177 g/mol. The maximum absolute atomic E-state index is 10.8. The second-order valence-corrected chi connectivity index (χ2v) is 2.97. The fraction of sp³-hybridized carbons (Fsp3) is 0.